The SMILES string of the molecule is Cc1cccc(NC(=O)c2cccc(C(=O)Nc3cccc(C)c3C)c2)c1. The normalized spacial score (nSPS) is 10.3. The van der Waals surface area contributed by atoms with Crippen molar-refractivity contribution in [3.05, 3.63) is 94.5 Å². The third kappa shape index (κ3) is 4.42. The first-order chi connectivity index (χ1) is 12.9. The molecule has 0 heterocycles. The van der Waals surface area contributed by atoms with Gasteiger partial charge in [-0.15, -0.1) is 0 Å². The number of hydrogen-bond acceptors (Lipinski definition) is 2. The van der Waals surface area contributed by atoms with Gasteiger partial charge in [-0.25, -0.2) is 0 Å². The lowest BCUT2D eigenvalue weighted by Crippen LogP contribution is -2.16. The van der Waals surface area contributed by atoms with Gasteiger partial charge in [0.25, 0.3) is 11.8 Å². The molecule has 0 aliphatic carbocycles. The van der Waals surface area contributed by atoms with Crippen molar-refractivity contribution in [1.82, 2.24) is 0 Å². The molecular weight excluding hydrogens is 336 g/mol. The van der Waals surface area contributed by atoms with E-state index in [2.05, 4.69) is 10.6 Å². The molecule has 3 aromatic rings. The fraction of sp³-hybridized carbons (Fsp3) is 0.130. The summed E-state index contributed by atoms with van der Waals surface area (Å²) in [7, 11) is 0. The zero-order valence-electron chi connectivity index (χ0n) is 15.7. The number of benzene rings is 3. The lowest BCUT2D eigenvalue weighted by molar-refractivity contribution is 0.102. The summed E-state index contributed by atoms with van der Waals surface area (Å²) in [4.78, 5) is 25.1. The Bertz CT molecular complexity index is 1010. The van der Waals surface area contributed by atoms with E-state index in [0.29, 0.717) is 11.1 Å². The van der Waals surface area contributed by atoms with Gasteiger partial charge in [-0.2, -0.15) is 0 Å². The van der Waals surface area contributed by atoms with Crippen LogP contribution < -0.4 is 10.6 Å². The highest BCUT2D eigenvalue weighted by Gasteiger charge is 2.12. The first-order valence-corrected chi connectivity index (χ1v) is 8.79. The molecule has 0 aromatic heterocycles. The topological polar surface area (TPSA) is 58.2 Å². The molecule has 0 saturated heterocycles. The zero-order valence-corrected chi connectivity index (χ0v) is 15.7. The second kappa shape index (κ2) is 7.87. The van der Waals surface area contributed by atoms with E-state index in [9.17, 15) is 9.59 Å². The number of carbonyl (C=O) groups excluding carboxylic acids is 2. The molecule has 0 radical (unpaired) electrons. The maximum atomic E-state index is 12.6. The Morgan fingerprint density at radius 3 is 2.04 bits per heavy atom. The summed E-state index contributed by atoms with van der Waals surface area (Å²) in [6.07, 6.45) is 0. The summed E-state index contributed by atoms with van der Waals surface area (Å²) in [5, 5.41) is 5.78. The van der Waals surface area contributed by atoms with E-state index in [1.165, 1.54) is 0 Å². The summed E-state index contributed by atoms with van der Waals surface area (Å²) < 4.78 is 0. The van der Waals surface area contributed by atoms with Crippen LogP contribution in [0.4, 0.5) is 11.4 Å². The van der Waals surface area contributed by atoms with E-state index in [0.717, 1.165) is 28.1 Å². The Labute approximate surface area is 159 Å². The van der Waals surface area contributed by atoms with Crippen molar-refractivity contribution >= 4 is 23.2 Å². The van der Waals surface area contributed by atoms with Gasteiger partial charge in [-0.3, -0.25) is 9.59 Å². The quantitative estimate of drug-likeness (QED) is 0.680. The molecule has 4 nitrogen and oxygen atoms in total. The minimum atomic E-state index is -0.248. The molecule has 2 amide bonds. The Hall–Kier alpha value is -3.40. The molecule has 0 saturated carbocycles. The van der Waals surface area contributed by atoms with Crippen LogP contribution in [0.5, 0.6) is 0 Å². The first-order valence-electron chi connectivity index (χ1n) is 8.79. The van der Waals surface area contributed by atoms with Crippen molar-refractivity contribution in [2.24, 2.45) is 0 Å². The highest BCUT2D eigenvalue weighted by molar-refractivity contribution is 6.09. The Kier molecular flexibility index (Phi) is 5.36. The second-order valence-electron chi connectivity index (χ2n) is 6.61. The maximum Gasteiger partial charge on any atom is 0.255 e. The summed E-state index contributed by atoms with van der Waals surface area (Å²) in [6, 6.07) is 20.1. The molecule has 0 bridgehead atoms. The number of aryl methyl sites for hydroxylation is 2. The highest BCUT2D eigenvalue weighted by atomic mass is 16.2. The van der Waals surface area contributed by atoms with Crippen LogP contribution in [-0.4, -0.2) is 11.8 Å². The lowest BCUT2D eigenvalue weighted by Gasteiger charge is -2.11. The number of amides is 2. The monoisotopic (exact) mass is 358 g/mol. The van der Waals surface area contributed by atoms with Gasteiger partial charge in [0, 0.05) is 22.5 Å². The molecule has 0 aliphatic heterocycles. The number of carbonyl (C=O) groups is 2. The van der Waals surface area contributed by atoms with Crippen LogP contribution in [-0.2, 0) is 0 Å². The Morgan fingerprint density at radius 1 is 0.704 bits per heavy atom. The van der Waals surface area contributed by atoms with Gasteiger partial charge in [0.15, 0.2) is 0 Å². The van der Waals surface area contributed by atoms with Gasteiger partial charge >= 0.3 is 0 Å². The maximum absolute atomic E-state index is 12.6. The molecule has 27 heavy (non-hydrogen) atoms. The van der Waals surface area contributed by atoms with Crippen molar-refractivity contribution in [3.8, 4) is 0 Å². The van der Waals surface area contributed by atoms with Crippen LogP contribution in [0.1, 0.15) is 37.4 Å². The molecule has 3 aromatic carbocycles. The zero-order chi connectivity index (χ0) is 19.4. The number of anilines is 2. The smallest absolute Gasteiger partial charge is 0.255 e. The van der Waals surface area contributed by atoms with Crippen LogP contribution in [0.3, 0.4) is 0 Å². The molecule has 2 N–H and O–H groups in total. The van der Waals surface area contributed by atoms with E-state index < -0.39 is 0 Å². The average molecular weight is 358 g/mol. The van der Waals surface area contributed by atoms with Gasteiger partial charge < -0.3 is 10.6 Å². The minimum absolute atomic E-state index is 0.242. The van der Waals surface area contributed by atoms with Crippen LogP contribution in [0.15, 0.2) is 66.7 Å². The largest absolute Gasteiger partial charge is 0.322 e. The molecule has 0 unspecified atom stereocenters. The van der Waals surface area contributed by atoms with E-state index in [-0.39, 0.29) is 11.8 Å². The molecule has 0 fully saturated rings. The van der Waals surface area contributed by atoms with Gasteiger partial charge in [0.05, 0.1) is 0 Å². The van der Waals surface area contributed by atoms with Gasteiger partial charge in [-0.1, -0.05) is 30.3 Å². The summed E-state index contributed by atoms with van der Waals surface area (Å²) in [6.45, 7) is 5.94. The van der Waals surface area contributed by atoms with Crippen LogP contribution in [0.2, 0.25) is 0 Å². The second-order valence-corrected chi connectivity index (χ2v) is 6.61. The minimum Gasteiger partial charge on any atom is -0.322 e. The van der Waals surface area contributed by atoms with Crippen molar-refractivity contribution in [1.29, 1.82) is 0 Å². The standard InChI is InChI=1S/C23H22N2O2/c1-15-7-4-11-20(13-15)24-22(26)18-9-6-10-19(14-18)23(27)25-21-12-5-8-16(2)17(21)3/h4-14H,1-3H3,(H,24,26)(H,25,27). The number of nitrogens with one attached hydrogen (secondary N) is 2. The average Bonchev–Trinajstić information content (AvgIpc) is 2.65. The first kappa shape index (κ1) is 18.4. The third-order valence-electron chi connectivity index (χ3n) is 4.52. The third-order valence-corrected chi connectivity index (χ3v) is 4.52. The van der Waals surface area contributed by atoms with Crippen molar-refractivity contribution < 1.29 is 9.59 Å². The molecule has 0 spiro atoms. The molecule has 4 heteroatoms. The fourth-order valence-corrected chi connectivity index (χ4v) is 2.81. The van der Waals surface area contributed by atoms with Gasteiger partial charge in [0.1, 0.15) is 0 Å². The summed E-state index contributed by atoms with van der Waals surface area (Å²) >= 11 is 0. The summed E-state index contributed by atoms with van der Waals surface area (Å²) in [5.74, 6) is -0.490. The number of hydrogen-bond donors (Lipinski definition) is 2. The fourth-order valence-electron chi connectivity index (χ4n) is 2.81. The van der Waals surface area contributed by atoms with Crippen molar-refractivity contribution in [3.63, 3.8) is 0 Å². The molecule has 0 atom stereocenters. The predicted molar refractivity (Wildman–Crippen MR) is 109 cm³/mol. The lowest BCUT2D eigenvalue weighted by atomic mass is 10.1. The summed E-state index contributed by atoms with van der Waals surface area (Å²) in [5.41, 5.74) is 5.57. The van der Waals surface area contributed by atoms with E-state index in [1.54, 1.807) is 24.3 Å². The van der Waals surface area contributed by atoms with Crippen LogP contribution in [0, 0.1) is 20.8 Å². The van der Waals surface area contributed by atoms with E-state index in [1.807, 2.05) is 63.2 Å². The van der Waals surface area contributed by atoms with Gasteiger partial charge in [-0.05, 0) is 73.9 Å². The van der Waals surface area contributed by atoms with Crippen LogP contribution >= 0.6 is 0 Å². The Balaban J connectivity index is 1.77. The molecular formula is C23H22N2O2. The van der Waals surface area contributed by atoms with E-state index >= 15 is 0 Å². The molecule has 136 valence electrons. The van der Waals surface area contributed by atoms with Crippen LogP contribution in [0.25, 0.3) is 0 Å². The molecule has 3 rings (SSSR count). The van der Waals surface area contributed by atoms with Crippen molar-refractivity contribution in [2.45, 2.75) is 20.8 Å². The Morgan fingerprint density at radius 2 is 1.33 bits per heavy atom. The predicted octanol–water partition coefficient (Wildman–Crippen LogP) is 5.12. The van der Waals surface area contributed by atoms with Gasteiger partial charge in [0.2, 0.25) is 0 Å². The van der Waals surface area contributed by atoms with E-state index in [4.69, 9.17) is 0 Å². The molecule has 0 aliphatic rings. The highest BCUT2D eigenvalue weighted by Crippen LogP contribution is 2.19. The van der Waals surface area contributed by atoms with Crippen molar-refractivity contribution in [2.75, 3.05) is 10.6 Å². The number of rotatable bonds is 4.